The molecule has 0 aromatic carbocycles. The number of aliphatic hydroxyl groups excluding tert-OH is 6. The van der Waals surface area contributed by atoms with Gasteiger partial charge in [-0.15, -0.1) is 0 Å². The number of carbonyl (C=O) groups is 4. The summed E-state index contributed by atoms with van der Waals surface area (Å²) in [4.78, 5) is 54.1. The second-order valence-electron chi connectivity index (χ2n) is 25.9. The van der Waals surface area contributed by atoms with Crippen LogP contribution in [0.15, 0.2) is 0 Å². The Morgan fingerprint density at radius 3 is 1.50 bits per heavy atom. The molecule has 0 amide bonds. The third kappa shape index (κ3) is 9.00. The number of fused-ring (bicyclic) bond motifs is 10. The normalized spacial score (nSPS) is 47.9. The van der Waals surface area contributed by atoms with E-state index in [1.54, 1.807) is 0 Å². The zero-order chi connectivity index (χ0) is 51.2. The van der Waals surface area contributed by atoms with Gasteiger partial charge in [0.2, 0.25) is 0 Å². The predicted octanol–water partition coefficient (Wildman–Crippen LogP) is 5.82. The zero-order valence-corrected chi connectivity index (χ0v) is 44.3. The number of aliphatic carboxylic acids is 2. The molecule has 8 fully saturated rings. The molecular weight excluding hydrogens is 933 g/mol. The van der Waals surface area contributed by atoms with E-state index in [9.17, 15) is 60.0 Å². The molecule has 0 aliphatic heterocycles. The lowest BCUT2D eigenvalue weighted by Gasteiger charge is -2.63. The van der Waals surface area contributed by atoms with Crippen LogP contribution >= 0.6 is 21.6 Å². The Bertz CT molecular complexity index is 1970. The summed E-state index contributed by atoms with van der Waals surface area (Å²) < 4.78 is 0. The van der Waals surface area contributed by atoms with Gasteiger partial charge in [-0.1, -0.05) is 63.1 Å². The number of carboxylic acids is 2. The van der Waals surface area contributed by atoms with Gasteiger partial charge in [-0.05, 0) is 195 Å². The number of nitrogens with two attached hydrogens (primary N) is 2. The first-order valence-electron chi connectivity index (χ1n) is 27.2. The maximum Gasteiger partial charge on any atom is 0.333 e. The highest BCUT2D eigenvalue weighted by Crippen LogP contribution is 2.70. The molecule has 25 unspecified atom stereocenters. The Hall–Kier alpha value is -1.34. The summed E-state index contributed by atoms with van der Waals surface area (Å²) in [5.74, 6) is -3.74. The van der Waals surface area contributed by atoms with Crippen molar-refractivity contribution in [2.45, 2.75) is 211 Å². The average molecular weight is 1020 g/mol. The summed E-state index contributed by atoms with van der Waals surface area (Å²) in [5, 5.41) is 87.7. The van der Waals surface area contributed by atoms with Gasteiger partial charge in [0, 0.05) is 18.6 Å². The molecule has 14 nitrogen and oxygen atoms in total. The van der Waals surface area contributed by atoms with Crippen molar-refractivity contribution in [3.8, 4) is 0 Å². The van der Waals surface area contributed by atoms with Crippen LogP contribution < -0.4 is 11.5 Å². The summed E-state index contributed by atoms with van der Waals surface area (Å²) in [6, 6.07) is -1.29. The molecule has 0 heterocycles. The molecule has 25 atom stereocenters. The molecule has 0 radical (unpaired) electrons. The molecule has 0 aromatic rings. The lowest BCUT2D eigenvalue weighted by molar-refractivity contribution is -0.207. The summed E-state index contributed by atoms with van der Waals surface area (Å²) in [5.41, 5.74) is 8.74. The van der Waals surface area contributed by atoms with Crippen LogP contribution in [0.1, 0.15) is 157 Å². The van der Waals surface area contributed by atoms with E-state index in [0.29, 0.717) is 44.9 Å². The predicted molar refractivity (Wildman–Crippen MR) is 269 cm³/mol. The molecule has 8 saturated carbocycles. The zero-order valence-electron chi connectivity index (χ0n) is 42.7. The van der Waals surface area contributed by atoms with Gasteiger partial charge in [-0.3, -0.25) is 14.4 Å². The molecule has 0 spiro atoms. The van der Waals surface area contributed by atoms with Crippen LogP contribution in [0.25, 0.3) is 0 Å². The van der Waals surface area contributed by atoms with E-state index in [2.05, 4.69) is 34.6 Å². The number of ketones is 2. The third-order valence-corrected chi connectivity index (χ3v) is 25.8. The molecule has 0 bridgehead atoms. The maximum atomic E-state index is 14.6. The number of hydrogen-bond acceptors (Lipinski definition) is 14. The van der Waals surface area contributed by atoms with Crippen molar-refractivity contribution in [3.05, 3.63) is 0 Å². The van der Waals surface area contributed by atoms with Crippen LogP contribution in [0.3, 0.4) is 0 Å². The minimum Gasteiger partial charge on any atom is -0.480 e. The quantitative estimate of drug-likeness (QED) is 0.0607. The fraction of sp³-hybridized carbons (Fsp3) is 0.926. The fourth-order valence-corrected chi connectivity index (χ4v) is 21.7. The van der Waals surface area contributed by atoms with Gasteiger partial charge in [0.25, 0.3) is 0 Å². The van der Waals surface area contributed by atoms with E-state index in [1.807, 2.05) is 6.92 Å². The minimum atomic E-state index is -2.63. The van der Waals surface area contributed by atoms with Gasteiger partial charge in [-0.2, -0.15) is 0 Å². The van der Waals surface area contributed by atoms with Crippen molar-refractivity contribution in [3.63, 3.8) is 0 Å². The number of Topliss-reactive ketones (excluding diaryl/α,β-unsaturated/α-hetero) is 2. The highest BCUT2D eigenvalue weighted by Gasteiger charge is 2.68. The second-order valence-corrected chi connectivity index (χ2v) is 28.4. The Kier molecular flexibility index (Phi) is 15.9. The van der Waals surface area contributed by atoms with Gasteiger partial charge in [0.05, 0.1) is 36.6 Å². The van der Waals surface area contributed by atoms with Crippen LogP contribution in [0.2, 0.25) is 0 Å². The molecule has 16 heteroatoms. The highest BCUT2D eigenvalue weighted by atomic mass is 33.1. The van der Waals surface area contributed by atoms with Gasteiger partial charge in [0.1, 0.15) is 17.1 Å². The number of rotatable bonds is 17. The van der Waals surface area contributed by atoms with E-state index in [4.69, 9.17) is 11.5 Å². The topological polar surface area (TPSA) is 282 Å². The molecule has 0 saturated heterocycles. The number of carbonyl (C=O) groups excluding carboxylic acids is 2. The van der Waals surface area contributed by atoms with E-state index >= 15 is 0 Å². The van der Waals surface area contributed by atoms with Crippen LogP contribution in [0.4, 0.5) is 0 Å². The monoisotopic (exact) mass is 1020 g/mol. The lowest BCUT2D eigenvalue weighted by atomic mass is 9.43. The first-order chi connectivity index (χ1) is 32.8. The second kappa shape index (κ2) is 20.3. The SMILES string of the molecule is CC(CCC(=O)C(SSCC(N)C(=O)O)C(N)(C(=O)O)C(=O)CCC(C)C1CCC2C3C(O)CC4CC(O)CCC4(C)C3CC(O)C12C)C1CCC2C3C(O)CC4CC(O)CCC4(C)C3CC(O)C12C. The molecule has 8 rings (SSSR count). The van der Waals surface area contributed by atoms with Crippen molar-refractivity contribution in [1.82, 2.24) is 0 Å². The highest BCUT2D eigenvalue weighted by molar-refractivity contribution is 8.77. The van der Waals surface area contributed by atoms with Crippen molar-refractivity contribution in [2.24, 2.45) is 104 Å². The van der Waals surface area contributed by atoms with Gasteiger partial charge >= 0.3 is 11.9 Å². The summed E-state index contributed by atoms with van der Waals surface area (Å²) in [7, 11) is 1.71. The van der Waals surface area contributed by atoms with Crippen LogP contribution in [0, 0.1) is 92.7 Å². The third-order valence-electron chi connectivity index (χ3n) is 23.0. The van der Waals surface area contributed by atoms with Crippen LogP contribution in [-0.2, 0) is 19.2 Å². The number of aliphatic hydroxyl groups is 6. The van der Waals surface area contributed by atoms with Gasteiger partial charge in [-0.25, -0.2) is 4.79 Å². The van der Waals surface area contributed by atoms with Crippen LogP contribution in [0.5, 0.6) is 0 Å². The van der Waals surface area contributed by atoms with Crippen molar-refractivity contribution >= 4 is 45.1 Å². The average Bonchev–Trinajstić information content (AvgIpc) is 3.85. The van der Waals surface area contributed by atoms with Gasteiger partial charge < -0.3 is 52.3 Å². The molecule has 12 N–H and O–H groups in total. The standard InChI is InChI=1S/C54H88N2O12S2/c1-26(32-9-11-34-45-36(23-43(63)52(32,34)5)50(3)17-15-30(57)19-28(50)21-40(45)60)7-13-39(59)47(70-69-25-38(55)48(65)66)54(56,49(67)68)42(62)14-8-27(2)33-10-12-35-46-37(24-44(64)53(33,35)6)51(4)18-16-31(58)20-29(51)22-41(46)61/h26-38,40-41,43-47,57-58,60-61,63-64H,7-25,55-56H2,1-6H3,(H,65,66)(H,67,68). The summed E-state index contributed by atoms with van der Waals surface area (Å²) in [6.07, 6.45) is 7.49. The Labute approximate surface area is 423 Å². The van der Waals surface area contributed by atoms with Crippen molar-refractivity contribution < 1.29 is 60.0 Å². The molecule has 70 heavy (non-hydrogen) atoms. The molecular formula is C54H88N2O12S2. The maximum absolute atomic E-state index is 14.6. The molecule has 8 aliphatic carbocycles. The molecule has 0 aromatic heterocycles. The van der Waals surface area contributed by atoms with E-state index in [-0.39, 0.29) is 119 Å². The Morgan fingerprint density at radius 2 is 1.07 bits per heavy atom. The molecule has 398 valence electrons. The van der Waals surface area contributed by atoms with Crippen LogP contribution in [-0.4, -0.2) is 124 Å². The minimum absolute atomic E-state index is 0.0121. The summed E-state index contributed by atoms with van der Waals surface area (Å²) in [6.45, 7) is 13.0. The van der Waals surface area contributed by atoms with E-state index in [1.165, 1.54) is 0 Å². The Balaban J connectivity index is 0.950. The smallest absolute Gasteiger partial charge is 0.333 e. The first-order valence-corrected chi connectivity index (χ1v) is 29.6. The van der Waals surface area contributed by atoms with Crippen molar-refractivity contribution in [1.29, 1.82) is 0 Å². The van der Waals surface area contributed by atoms with Gasteiger partial charge in [0.15, 0.2) is 11.3 Å². The van der Waals surface area contributed by atoms with E-state index in [0.717, 1.165) is 73.0 Å². The summed E-state index contributed by atoms with van der Waals surface area (Å²) >= 11 is 0. The molecule has 8 aliphatic rings. The lowest BCUT2D eigenvalue weighted by Crippen LogP contribution is -2.64. The first kappa shape index (κ1) is 54.9. The Morgan fingerprint density at radius 1 is 0.629 bits per heavy atom. The fourth-order valence-electron chi connectivity index (χ4n) is 18.7. The largest absolute Gasteiger partial charge is 0.480 e. The number of hydrogen-bond donors (Lipinski definition) is 10. The van der Waals surface area contributed by atoms with E-state index < -0.39 is 75.6 Å². The van der Waals surface area contributed by atoms with Crippen molar-refractivity contribution in [2.75, 3.05) is 5.75 Å². The number of carboxylic acid groups (broad SMARTS) is 2.